The summed E-state index contributed by atoms with van der Waals surface area (Å²) in [4.78, 5) is 0. The first-order valence-electron chi connectivity index (χ1n) is 11.1. The van der Waals surface area contributed by atoms with Crippen molar-refractivity contribution in [2.75, 3.05) is 0 Å². The Morgan fingerprint density at radius 3 is 1.10 bits per heavy atom. The van der Waals surface area contributed by atoms with Crippen molar-refractivity contribution in [2.24, 2.45) is 0 Å². The molecule has 1 aliphatic heterocycles. The third-order valence-corrected chi connectivity index (χ3v) is 23.8. The summed E-state index contributed by atoms with van der Waals surface area (Å²) >= 11 is 0. The molecule has 0 N–H and O–H groups in total. The number of alkyl halides is 18. The average Bonchev–Trinajstić information content (AvgIpc) is 2.82. The van der Waals surface area contributed by atoms with E-state index in [4.69, 9.17) is 4.43 Å². The summed E-state index contributed by atoms with van der Waals surface area (Å²) in [5, 5.41) is 0. The van der Waals surface area contributed by atoms with Gasteiger partial charge in [0.15, 0.2) is 20.2 Å². The highest BCUT2D eigenvalue weighted by atomic mass is 29.3. The molecule has 6 atom stereocenters. The summed E-state index contributed by atoms with van der Waals surface area (Å²) in [6, 6.07) is -0.806. The summed E-state index contributed by atoms with van der Waals surface area (Å²) in [5.41, 5.74) is -4.86. The second-order valence-corrected chi connectivity index (χ2v) is 25.7. The topological polar surface area (TPSA) is 9.23 Å². The lowest BCUT2D eigenvalue weighted by Gasteiger charge is -2.56. The van der Waals surface area contributed by atoms with Crippen molar-refractivity contribution >= 4 is 15.4 Å². The van der Waals surface area contributed by atoms with Crippen molar-refractivity contribution in [2.45, 2.75) is 118 Å². The smallest absolute Gasteiger partial charge is 0.346 e. The number of hydrogen-bond donors (Lipinski definition) is 0. The molecule has 1 aliphatic rings. The Morgan fingerprint density at radius 1 is 0.550 bits per heavy atom. The van der Waals surface area contributed by atoms with E-state index in [0.29, 0.717) is 0 Å². The number of halogens is 18. The van der Waals surface area contributed by atoms with Crippen LogP contribution in [0, 0.1) is 0 Å². The minimum absolute atomic E-state index is 0.806. The molecule has 0 amide bonds. The third-order valence-electron chi connectivity index (χ3n) is 7.33. The van der Waals surface area contributed by atoms with Gasteiger partial charge in [-0.25, -0.2) is 43.9 Å². The van der Waals surface area contributed by atoms with Crippen molar-refractivity contribution in [3.05, 3.63) is 0 Å². The van der Waals surface area contributed by atoms with E-state index in [0.717, 1.165) is 13.1 Å². The van der Waals surface area contributed by atoms with Crippen LogP contribution in [-0.2, 0) is 4.43 Å². The third kappa shape index (κ3) is 5.84. The van der Waals surface area contributed by atoms with Crippen molar-refractivity contribution in [1.82, 2.24) is 0 Å². The van der Waals surface area contributed by atoms with E-state index in [1.54, 1.807) is 0 Å². The molecule has 0 bridgehead atoms. The van der Waals surface area contributed by atoms with Crippen LogP contribution >= 0.6 is 0 Å². The molecule has 240 valence electrons. The first-order valence-corrected chi connectivity index (χ1v) is 18.2. The van der Waals surface area contributed by atoms with Crippen molar-refractivity contribution < 1.29 is 83.5 Å². The van der Waals surface area contributed by atoms with E-state index in [9.17, 15) is 70.2 Å². The Kier molecular flexibility index (Phi) is 10.5. The first-order chi connectivity index (χ1) is 17.5. The van der Waals surface area contributed by atoms with Gasteiger partial charge >= 0.3 is 23.7 Å². The molecule has 1 saturated heterocycles. The van der Waals surface area contributed by atoms with Gasteiger partial charge in [0.05, 0.1) is 7.59 Å². The fraction of sp³-hybridized carbons (Fsp3) is 1.00. The predicted molar refractivity (Wildman–Crippen MR) is 109 cm³/mol. The molecule has 1 nitrogen and oxygen atoms in total. The zero-order valence-corrected chi connectivity index (χ0v) is 22.7. The Bertz CT molecular complexity index is 818. The van der Waals surface area contributed by atoms with Crippen molar-refractivity contribution in [3.63, 3.8) is 0 Å². The van der Waals surface area contributed by atoms with Gasteiger partial charge in [-0.2, -0.15) is 35.1 Å². The van der Waals surface area contributed by atoms with Gasteiger partial charge in [0.2, 0.25) is 24.7 Å². The summed E-state index contributed by atoms with van der Waals surface area (Å²) in [6.45, 7) is 4.48. The molecule has 0 aromatic heterocycles. The minimum Gasteiger partial charge on any atom is -0.408 e. The molecule has 0 aromatic carbocycles. The fourth-order valence-corrected chi connectivity index (χ4v) is 10.7. The lowest BCUT2D eigenvalue weighted by Crippen LogP contribution is -2.77. The second kappa shape index (κ2) is 11.3. The van der Waals surface area contributed by atoms with E-state index in [1.807, 2.05) is 0 Å². The highest BCUT2D eigenvalue weighted by molar-refractivity contribution is 7.38. The van der Waals surface area contributed by atoms with Crippen LogP contribution in [0.1, 0.15) is 6.42 Å². The maximum absolute atomic E-state index is 15.4. The van der Waals surface area contributed by atoms with Crippen LogP contribution in [0.2, 0.25) is 32.2 Å². The van der Waals surface area contributed by atoms with Gasteiger partial charge in [0.25, 0.3) is 12.9 Å². The van der Waals surface area contributed by atoms with Crippen LogP contribution in [-0.4, -0.2) is 94.6 Å². The second-order valence-electron chi connectivity index (χ2n) is 10.5. The summed E-state index contributed by atoms with van der Waals surface area (Å²) in [6.07, 6.45) is -42.0. The Morgan fingerprint density at radius 2 is 0.850 bits per heavy atom. The van der Waals surface area contributed by atoms with Crippen molar-refractivity contribution in [3.8, 4) is 0 Å². The molecular formula is C19H24F18OSi2. The van der Waals surface area contributed by atoms with Crippen LogP contribution < -0.4 is 0 Å². The minimum atomic E-state index is -6.93. The van der Waals surface area contributed by atoms with Crippen LogP contribution in [0.25, 0.3) is 0 Å². The zero-order chi connectivity index (χ0) is 32.2. The highest BCUT2D eigenvalue weighted by Crippen LogP contribution is 2.57. The van der Waals surface area contributed by atoms with Crippen LogP contribution in [0.3, 0.4) is 0 Å². The monoisotopic (exact) mass is 666 g/mol. The van der Waals surface area contributed by atoms with E-state index in [-0.39, 0.29) is 0 Å². The number of hydrogen-bond acceptors (Lipinski definition) is 1. The molecule has 0 radical (unpaired) electrons. The molecular weight excluding hydrogens is 642 g/mol. The maximum atomic E-state index is 15.4. The molecule has 6 unspecified atom stereocenters. The first kappa shape index (κ1) is 37.2. The lowest BCUT2D eigenvalue weighted by molar-refractivity contribution is -0.331. The van der Waals surface area contributed by atoms with Crippen LogP contribution in [0.5, 0.6) is 0 Å². The summed E-state index contributed by atoms with van der Waals surface area (Å²) in [7, 11) is -7.13. The Labute approximate surface area is 217 Å². The molecule has 1 heterocycles. The van der Waals surface area contributed by atoms with Crippen LogP contribution in [0.15, 0.2) is 0 Å². The van der Waals surface area contributed by atoms with Gasteiger partial charge in [-0.3, -0.25) is 0 Å². The molecule has 0 saturated carbocycles. The predicted octanol–water partition coefficient (Wildman–Crippen LogP) is 8.24. The fourth-order valence-electron chi connectivity index (χ4n) is 3.93. The number of rotatable bonds is 12. The van der Waals surface area contributed by atoms with E-state index in [1.165, 1.54) is 13.1 Å². The zero-order valence-electron chi connectivity index (χ0n) is 20.7. The standard InChI is InChI=1S/C19H24F18OSi2/c1-39(2)6-5-15(38-40(39,3)4,13(28)18(34,35)16(30,31)9(22)7(20)11(24)25)14(29)19(36,37)17(32,33)10(23)8(21)12(26)27/h7-14H,5-6H2,1-4H3. The quantitative estimate of drug-likeness (QED) is 0.151. The largest absolute Gasteiger partial charge is 0.408 e. The van der Waals surface area contributed by atoms with E-state index >= 15 is 8.78 Å². The normalized spacial score (nSPS) is 27.3. The van der Waals surface area contributed by atoms with Crippen LogP contribution in [0.4, 0.5) is 79.0 Å². The van der Waals surface area contributed by atoms with Gasteiger partial charge in [0.1, 0.15) is 5.60 Å². The van der Waals surface area contributed by atoms with Gasteiger partial charge < -0.3 is 4.43 Å². The Hall–Kier alpha value is -0.866. The van der Waals surface area contributed by atoms with Gasteiger partial charge in [0, 0.05) is 0 Å². The highest BCUT2D eigenvalue weighted by Gasteiger charge is 2.80. The summed E-state index contributed by atoms with van der Waals surface area (Å²) in [5.74, 6) is -27.6. The molecule has 21 heteroatoms. The average molecular weight is 667 g/mol. The molecule has 40 heavy (non-hydrogen) atoms. The maximum Gasteiger partial charge on any atom is 0.346 e. The van der Waals surface area contributed by atoms with Crippen molar-refractivity contribution in [1.29, 1.82) is 0 Å². The van der Waals surface area contributed by atoms with E-state index in [2.05, 4.69) is 0 Å². The Balaban J connectivity index is 3.87. The molecule has 1 fully saturated rings. The molecule has 0 spiro atoms. The lowest BCUT2D eigenvalue weighted by atomic mass is 9.78. The van der Waals surface area contributed by atoms with E-state index < -0.39 is 107 Å². The molecule has 1 rings (SSSR count). The molecule has 0 aliphatic carbocycles. The van der Waals surface area contributed by atoms with Gasteiger partial charge in [-0.05, 0) is 19.5 Å². The SMILES string of the molecule is C[Si]1(C)CCC(C(F)C(F)(F)C(F)(F)C(F)C(F)C(F)F)(C(F)C(F)(F)C(F)(F)C(F)C(F)C(F)F)O[Si]1(C)C. The molecule has 0 aromatic rings. The summed E-state index contributed by atoms with van der Waals surface area (Å²) < 4.78 is 255. The van der Waals surface area contributed by atoms with Gasteiger partial charge in [-0.1, -0.05) is 19.1 Å². The van der Waals surface area contributed by atoms with Gasteiger partial charge in [-0.15, -0.1) is 0 Å².